The van der Waals surface area contributed by atoms with Crippen molar-refractivity contribution < 1.29 is 28.6 Å². The van der Waals surface area contributed by atoms with E-state index in [2.05, 4.69) is 93.7 Å². The van der Waals surface area contributed by atoms with Crippen molar-refractivity contribution in [2.75, 3.05) is 13.2 Å². The number of carbonyl (C=O) groups is 3. The van der Waals surface area contributed by atoms with Crippen molar-refractivity contribution in [1.82, 2.24) is 0 Å². The summed E-state index contributed by atoms with van der Waals surface area (Å²) in [5.41, 5.74) is 0. The van der Waals surface area contributed by atoms with Crippen molar-refractivity contribution in [2.45, 2.75) is 219 Å². The molecule has 0 aromatic rings. The lowest BCUT2D eigenvalue weighted by molar-refractivity contribution is -0.166. The summed E-state index contributed by atoms with van der Waals surface area (Å²) in [6, 6.07) is 0. The molecular formula is C53H88O6. The van der Waals surface area contributed by atoms with E-state index in [0.29, 0.717) is 19.3 Å². The Kier molecular flexibility index (Phi) is 44.5. The number of rotatable bonds is 42. The van der Waals surface area contributed by atoms with Crippen LogP contribution in [-0.2, 0) is 28.6 Å². The van der Waals surface area contributed by atoms with Crippen LogP contribution in [0.2, 0.25) is 0 Å². The van der Waals surface area contributed by atoms with E-state index in [-0.39, 0.29) is 38.0 Å². The normalized spacial score (nSPS) is 12.8. The van der Waals surface area contributed by atoms with Crippen molar-refractivity contribution in [2.24, 2.45) is 0 Å². The molecule has 0 aromatic carbocycles. The number of esters is 3. The largest absolute Gasteiger partial charge is 0.462 e. The summed E-state index contributed by atoms with van der Waals surface area (Å²) in [6.45, 7) is 6.36. The van der Waals surface area contributed by atoms with Gasteiger partial charge < -0.3 is 14.2 Å². The van der Waals surface area contributed by atoms with E-state index in [1.54, 1.807) is 0 Å². The Bertz CT molecular complexity index is 1170. The molecular weight excluding hydrogens is 733 g/mol. The molecule has 336 valence electrons. The van der Waals surface area contributed by atoms with Gasteiger partial charge in [0, 0.05) is 19.3 Å². The Morgan fingerprint density at radius 3 is 1.25 bits per heavy atom. The molecule has 0 aliphatic heterocycles. The highest BCUT2D eigenvalue weighted by atomic mass is 16.6. The fourth-order valence-corrected chi connectivity index (χ4v) is 6.31. The van der Waals surface area contributed by atoms with Gasteiger partial charge in [0.05, 0.1) is 0 Å². The SMILES string of the molecule is CC/C=C/C=C/C=C/CCCCCCCCCC(=O)OCC(COC(=O)CC/C=C/C/C=C/CCCCCCCC)OC(=O)CC/C=C/C/C=C/CCCCCCCC. The smallest absolute Gasteiger partial charge is 0.306 e. The second kappa shape index (κ2) is 47.3. The average Bonchev–Trinajstić information content (AvgIpc) is 3.23. The van der Waals surface area contributed by atoms with Crippen LogP contribution in [-0.4, -0.2) is 37.2 Å². The maximum absolute atomic E-state index is 12.7. The topological polar surface area (TPSA) is 78.9 Å². The first-order valence-corrected chi connectivity index (χ1v) is 24.1. The van der Waals surface area contributed by atoms with Gasteiger partial charge in [-0.1, -0.05) is 202 Å². The highest BCUT2D eigenvalue weighted by molar-refractivity contribution is 5.71. The van der Waals surface area contributed by atoms with Gasteiger partial charge in [0.1, 0.15) is 13.2 Å². The second-order valence-electron chi connectivity index (χ2n) is 15.7. The zero-order valence-electron chi connectivity index (χ0n) is 38.2. The Labute approximate surface area is 363 Å². The second-order valence-corrected chi connectivity index (χ2v) is 15.7. The summed E-state index contributed by atoms with van der Waals surface area (Å²) in [5.74, 6) is -1.08. The first-order chi connectivity index (χ1) is 29.0. The highest BCUT2D eigenvalue weighted by Crippen LogP contribution is 2.12. The van der Waals surface area contributed by atoms with Crippen LogP contribution in [0, 0.1) is 0 Å². The molecule has 0 bridgehead atoms. The Balaban J connectivity index is 4.54. The third-order valence-electron chi connectivity index (χ3n) is 9.94. The molecule has 0 radical (unpaired) electrons. The Hall–Kier alpha value is -3.41. The Morgan fingerprint density at radius 1 is 0.373 bits per heavy atom. The number of hydrogen-bond acceptors (Lipinski definition) is 6. The molecule has 6 nitrogen and oxygen atoms in total. The number of allylic oxidation sites excluding steroid dienone is 14. The molecule has 0 spiro atoms. The van der Waals surface area contributed by atoms with Gasteiger partial charge in [-0.05, 0) is 77.0 Å². The molecule has 0 saturated carbocycles. The van der Waals surface area contributed by atoms with Gasteiger partial charge in [0.2, 0.25) is 0 Å². The molecule has 0 aliphatic carbocycles. The molecule has 0 fully saturated rings. The lowest BCUT2D eigenvalue weighted by Gasteiger charge is -2.18. The summed E-state index contributed by atoms with van der Waals surface area (Å²) in [7, 11) is 0. The van der Waals surface area contributed by atoms with Crippen LogP contribution in [0.5, 0.6) is 0 Å². The van der Waals surface area contributed by atoms with Crippen LogP contribution < -0.4 is 0 Å². The molecule has 0 rings (SSSR count). The van der Waals surface area contributed by atoms with Gasteiger partial charge in [-0.15, -0.1) is 0 Å². The molecule has 0 aliphatic rings. The Morgan fingerprint density at radius 2 is 0.763 bits per heavy atom. The van der Waals surface area contributed by atoms with Crippen molar-refractivity contribution in [3.8, 4) is 0 Å². The van der Waals surface area contributed by atoms with E-state index in [4.69, 9.17) is 14.2 Å². The van der Waals surface area contributed by atoms with Crippen molar-refractivity contribution in [3.63, 3.8) is 0 Å². The van der Waals surface area contributed by atoms with E-state index in [9.17, 15) is 14.4 Å². The first-order valence-electron chi connectivity index (χ1n) is 24.1. The van der Waals surface area contributed by atoms with Crippen LogP contribution in [0.1, 0.15) is 213 Å². The van der Waals surface area contributed by atoms with Gasteiger partial charge in [-0.25, -0.2) is 0 Å². The van der Waals surface area contributed by atoms with Crippen LogP contribution in [0.25, 0.3) is 0 Å². The molecule has 0 aromatic heterocycles. The van der Waals surface area contributed by atoms with Crippen LogP contribution >= 0.6 is 0 Å². The minimum absolute atomic E-state index is 0.123. The van der Waals surface area contributed by atoms with Crippen LogP contribution in [0.4, 0.5) is 0 Å². The molecule has 1 unspecified atom stereocenters. The van der Waals surface area contributed by atoms with Gasteiger partial charge in [-0.3, -0.25) is 14.4 Å². The fourth-order valence-electron chi connectivity index (χ4n) is 6.31. The summed E-state index contributed by atoms with van der Waals surface area (Å²) in [6.07, 6.45) is 60.2. The van der Waals surface area contributed by atoms with E-state index >= 15 is 0 Å². The average molecular weight is 821 g/mol. The monoisotopic (exact) mass is 821 g/mol. The summed E-state index contributed by atoms with van der Waals surface area (Å²) in [5, 5.41) is 0. The molecule has 1 atom stereocenters. The predicted octanol–water partition coefficient (Wildman–Crippen LogP) is 15.6. The van der Waals surface area contributed by atoms with E-state index in [1.165, 1.54) is 103 Å². The van der Waals surface area contributed by atoms with Gasteiger partial charge in [-0.2, -0.15) is 0 Å². The lowest BCUT2D eigenvalue weighted by Crippen LogP contribution is -2.30. The maximum Gasteiger partial charge on any atom is 0.306 e. The standard InChI is InChI=1S/C53H88O6/c1-4-7-10-13-16-19-22-25-26-29-31-34-37-40-43-46-52(55)58-49-50(59-53(56)47-44-41-38-35-32-28-24-21-18-15-12-9-6-3)48-57-51(54)45-42-39-36-33-30-27-23-20-17-14-11-8-5-2/h7,10,13,16,19,22,27-28,30,32,36,38-39,41,50H,4-6,8-9,11-12,14-15,17-18,20-21,23-26,29,31,33-35,37,40,42-49H2,1-3H3/b10-7+,16-13+,22-19+,30-27+,32-28+,39-36+,41-38+. The van der Waals surface area contributed by atoms with Crippen molar-refractivity contribution in [3.05, 3.63) is 85.1 Å². The molecule has 59 heavy (non-hydrogen) atoms. The van der Waals surface area contributed by atoms with Crippen molar-refractivity contribution >= 4 is 17.9 Å². The number of carbonyl (C=O) groups excluding carboxylic acids is 3. The number of hydrogen-bond donors (Lipinski definition) is 0. The molecule has 0 heterocycles. The van der Waals surface area contributed by atoms with Crippen molar-refractivity contribution in [1.29, 1.82) is 0 Å². The van der Waals surface area contributed by atoms with Gasteiger partial charge in [0.25, 0.3) is 0 Å². The van der Waals surface area contributed by atoms with E-state index < -0.39 is 12.1 Å². The van der Waals surface area contributed by atoms with E-state index in [1.807, 2.05) is 12.2 Å². The minimum Gasteiger partial charge on any atom is -0.462 e. The number of unbranched alkanes of at least 4 members (excludes halogenated alkanes) is 19. The predicted molar refractivity (Wildman–Crippen MR) is 251 cm³/mol. The quantitative estimate of drug-likeness (QED) is 0.0201. The van der Waals surface area contributed by atoms with Gasteiger partial charge in [0.15, 0.2) is 6.10 Å². The van der Waals surface area contributed by atoms with Crippen LogP contribution in [0.3, 0.4) is 0 Å². The first kappa shape index (κ1) is 55.6. The zero-order valence-corrected chi connectivity index (χ0v) is 38.2. The third kappa shape index (κ3) is 45.5. The lowest BCUT2D eigenvalue weighted by atomic mass is 10.1. The maximum atomic E-state index is 12.7. The zero-order chi connectivity index (χ0) is 43.0. The minimum atomic E-state index is -0.833. The highest BCUT2D eigenvalue weighted by Gasteiger charge is 2.19. The molecule has 0 saturated heterocycles. The fraction of sp³-hybridized carbons (Fsp3) is 0.679. The van der Waals surface area contributed by atoms with E-state index in [0.717, 1.165) is 57.8 Å². The number of ether oxygens (including phenoxy) is 3. The van der Waals surface area contributed by atoms with Crippen LogP contribution in [0.15, 0.2) is 85.1 Å². The molecule has 0 amide bonds. The molecule has 6 heteroatoms. The van der Waals surface area contributed by atoms with Gasteiger partial charge >= 0.3 is 17.9 Å². The summed E-state index contributed by atoms with van der Waals surface area (Å²) in [4.78, 5) is 37.8. The summed E-state index contributed by atoms with van der Waals surface area (Å²) < 4.78 is 16.6. The molecule has 0 N–H and O–H groups in total. The summed E-state index contributed by atoms with van der Waals surface area (Å²) >= 11 is 0. The third-order valence-corrected chi connectivity index (χ3v) is 9.94.